The molecule has 8 heteroatoms. The molecule has 0 saturated carbocycles. The first-order valence-electron chi connectivity index (χ1n) is 10.3. The largest absolute Gasteiger partial charge is 0.436 e. The summed E-state index contributed by atoms with van der Waals surface area (Å²) >= 11 is 0. The summed E-state index contributed by atoms with van der Waals surface area (Å²) in [5.41, 5.74) is 2.09. The third-order valence-corrected chi connectivity index (χ3v) is 6.08. The molecule has 1 amide bonds. The van der Waals surface area contributed by atoms with Gasteiger partial charge in [-0.15, -0.1) is 0 Å². The molecule has 7 nitrogen and oxygen atoms in total. The second kappa shape index (κ2) is 9.03. The SMILES string of the molecule is CS(=O)(=O)NC[C@@H]1CCCN(C(=O)c2ccccc2-c2ncc(-c3ccccc3)o2)C1. The minimum absolute atomic E-state index is 0.0889. The van der Waals surface area contributed by atoms with Crippen molar-refractivity contribution in [3.63, 3.8) is 0 Å². The van der Waals surface area contributed by atoms with Gasteiger partial charge in [-0.05, 0) is 30.9 Å². The quantitative estimate of drug-likeness (QED) is 0.635. The summed E-state index contributed by atoms with van der Waals surface area (Å²) in [6.45, 7) is 1.49. The minimum atomic E-state index is -3.25. The van der Waals surface area contributed by atoms with Gasteiger partial charge < -0.3 is 9.32 Å². The van der Waals surface area contributed by atoms with E-state index in [2.05, 4.69) is 9.71 Å². The number of carbonyl (C=O) groups excluding carboxylic acids is 1. The molecule has 162 valence electrons. The van der Waals surface area contributed by atoms with Gasteiger partial charge in [-0.2, -0.15) is 0 Å². The van der Waals surface area contributed by atoms with Crippen LogP contribution >= 0.6 is 0 Å². The van der Waals surface area contributed by atoms with Crippen LogP contribution in [0, 0.1) is 5.92 Å². The molecule has 3 aromatic rings. The van der Waals surface area contributed by atoms with Gasteiger partial charge >= 0.3 is 0 Å². The Bertz CT molecular complexity index is 1160. The van der Waals surface area contributed by atoms with Gasteiger partial charge in [-0.3, -0.25) is 4.79 Å². The Morgan fingerprint density at radius 3 is 2.68 bits per heavy atom. The van der Waals surface area contributed by atoms with Crippen molar-refractivity contribution in [2.24, 2.45) is 5.92 Å². The Kier molecular flexibility index (Phi) is 6.20. The third-order valence-electron chi connectivity index (χ3n) is 5.39. The van der Waals surface area contributed by atoms with Gasteiger partial charge in [0.15, 0.2) is 5.76 Å². The van der Waals surface area contributed by atoms with Gasteiger partial charge in [-0.25, -0.2) is 18.1 Å². The second-order valence-corrected chi connectivity index (χ2v) is 9.65. The molecule has 0 aliphatic carbocycles. The summed E-state index contributed by atoms with van der Waals surface area (Å²) in [7, 11) is -3.25. The highest BCUT2D eigenvalue weighted by Gasteiger charge is 2.27. The van der Waals surface area contributed by atoms with E-state index in [0.29, 0.717) is 42.4 Å². The van der Waals surface area contributed by atoms with Crippen LogP contribution < -0.4 is 4.72 Å². The zero-order chi connectivity index (χ0) is 21.8. The summed E-state index contributed by atoms with van der Waals surface area (Å²) in [5, 5.41) is 0. The molecular formula is C23H25N3O4S. The lowest BCUT2D eigenvalue weighted by Gasteiger charge is -2.33. The van der Waals surface area contributed by atoms with Crippen molar-refractivity contribution in [1.29, 1.82) is 0 Å². The summed E-state index contributed by atoms with van der Waals surface area (Å²) in [5.74, 6) is 1.03. The number of hydrogen-bond acceptors (Lipinski definition) is 5. The Hall–Kier alpha value is -2.97. The molecule has 2 heterocycles. The first kappa shape index (κ1) is 21.3. The molecule has 1 aliphatic heterocycles. The number of nitrogens with one attached hydrogen (secondary N) is 1. The van der Waals surface area contributed by atoms with Crippen molar-refractivity contribution in [1.82, 2.24) is 14.6 Å². The predicted molar refractivity (Wildman–Crippen MR) is 119 cm³/mol. The molecule has 1 N–H and O–H groups in total. The fourth-order valence-corrected chi connectivity index (χ4v) is 4.38. The van der Waals surface area contributed by atoms with Crippen LogP contribution in [0.25, 0.3) is 22.8 Å². The molecule has 1 fully saturated rings. The van der Waals surface area contributed by atoms with Gasteiger partial charge in [-0.1, -0.05) is 42.5 Å². The van der Waals surface area contributed by atoms with Crippen LogP contribution in [0.1, 0.15) is 23.2 Å². The molecule has 1 saturated heterocycles. The van der Waals surface area contributed by atoms with Crippen LogP contribution in [0.3, 0.4) is 0 Å². The molecule has 31 heavy (non-hydrogen) atoms. The molecule has 1 aliphatic rings. The number of nitrogens with zero attached hydrogens (tertiary/aromatic N) is 2. The van der Waals surface area contributed by atoms with Crippen molar-refractivity contribution >= 4 is 15.9 Å². The zero-order valence-electron chi connectivity index (χ0n) is 17.3. The van der Waals surface area contributed by atoms with Gasteiger partial charge in [0.05, 0.1) is 18.0 Å². The average Bonchev–Trinajstić information content (AvgIpc) is 3.28. The predicted octanol–water partition coefficient (Wildman–Crippen LogP) is 3.41. The molecule has 0 spiro atoms. The van der Waals surface area contributed by atoms with Crippen molar-refractivity contribution in [2.75, 3.05) is 25.9 Å². The summed E-state index contributed by atoms with van der Waals surface area (Å²) < 4.78 is 31.3. The number of rotatable bonds is 6. The molecule has 2 aromatic carbocycles. The lowest BCUT2D eigenvalue weighted by atomic mass is 9.97. The number of carbonyl (C=O) groups is 1. The van der Waals surface area contributed by atoms with Crippen molar-refractivity contribution in [3.05, 3.63) is 66.4 Å². The van der Waals surface area contributed by atoms with Gasteiger partial charge in [0, 0.05) is 30.8 Å². The molecule has 0 unspecified atom stereocenters. The lowest BCUT2D eigenvalue weighted by molar-refractivity contribution is 0.0677. The van der Waals surface area contributed by atoms with E-state index in [1.807, 2.05) is 48.5 Å². The maximum atomic E-state index is 13.3. The standard InChI is InChI=1S/C23H25N3O4S/c1-31(28,29)25-14-17-8-7-13-26(16-17)23(27)20-12-6-5-11-19(20)22-24-15-21(30-22)18-9-3-2-4-10-18/h2-6,9-12,15,17,25H,7-8,13-14,16H2,1H3/t17-/m0/s1. The molecule has 0 bridgehead atoms. The van der Waals surface area contributed by atoms with E-state index in [9.17, 15) is 13.2 Å². The van der Waals surface area contributed by atoms with Gasteiger partial charge in [0.25, 0.3) is 5.91 Å². The molecular weight excluding hydrogens is 414 g/mol. The lowest BCUT2D eigenvalue weighted by Crippen LogP contribution is -2.43. The molecule has 4 rings (SSSR count). The van der Waals surface area contributed by atoms with Crippen LogP contribution in [0.2, 0.25) is 0 Å². The molecule has 1 atom stereocenters. The Labute approximate surface area is 182 Å². The first-order chi connectivity index (χ1) is 14.9. The average molecular weight is 440 g/mol. The number of likely N-dealkylation sites (tertiary alicyclic amines) is 1. The third kappa shape index (κ3) is 5.21. The highest BCUT2D eigenvalue weighted by Crippen LogP contribution is 2.29. The Balaban J connectivity index is 1.54. The van der Waals surface area contributed by atoms with Gasteiger partial charge in [0.2, 0.25) is 15.9 Å². The van der Waals surface area contributed by atoms with Crippen LogP contribution in [0.15, 0.2) is 65.2 Å². The first-order valence-corrected chi connectivity index (χ1v) is 12.1. The Morgan fingerprint density at radius 1 is 1.16 bits per heavy atom. The molecule has 1 aromatic heterocycles. The maximum absolute atomic E-state index is 13.3. The number of sulfonamides is 1. The van der Waals surface area contributed by atoms with Crippen molar-refractivity contribution in [3.8, 4) is 22.8 Å². The highest BCUT2D eigenvalue weighted by atomic mass is 32.2. The monoisotopic (exact) mass is 439 g/mol. The smallest absolute Gasteiger partial charge is 0.254 e. The van der Waals surface area contributed by atoms with E-state index in [0.717, 1.165) is 24.7 Å². The number of oxazole rings is 1. The second-order valence-electron chi connectivity index (χ2n) is 7.82. The van der Waals surface area contributed by atoms with Crippen LogP contribution in [-0.2, 0) is 10.0 Å². The molecule has 0 radical (unpaired) electrons. The van der Waals surface area contributed by atoms with Crippen molar-refractivity contribution in [2.45, 2.75) is 12.8 Å². The zero-order valence-corrected chi connectivity index (χ0v) is 18.1. The van der Waals surface area contributed by atoms with Crippen LogP contribution in [0.4, 0.5) is 0 Å². The van der Waals surface area contributed by atoms with E-state index < -0.39 is 10.0 Å². The van der Waals surface area contributed by atoms with E-state index in [1.165, 1.54) is 0 Å². The van der Waals surface area contributed by atoms with E-state index in [-0.39, 0.29) is 11.8 Å². The van der Waals surface area contributed by atoms with Crippen LogP contribution in [0.5, 0.6) is 0 Å². The number of aromatic nitrogens is 1. The fourth-order valence-electron chi connectivity index (χ4n) is 3.85. The van der Waals surface area contributed by atoms with E-state index in [4.69, 9.17) is 4.42 Å². The number of piperidine rings is 1. The summed E-state index contributed by atoms with van der Waals surface area (Å²) in [6, 6.07) is 17.0. The number of benzene rings is 2. The van der Waals surface area contributed by atoms with Gasteiger partial charge in [0.1, 0.15) is 0 Å². The van der Waals surface area contributed by atoms with Crippen LogP contribution in [-0.4, -0.2) is 50.1 Å². The summed E-state index contributed by atoms with van der Waals surface area (Å²) in [4.78, 5) is 19.5. The van der Waals surface area contributed by atoms with E-state index in [1.54, 1.807) is 17.2 Å². The fraction of sp³-hybridized carbons (Fsp3) is 0.304. The Morgan fingerprint density at radius 2 is 1.90 bits per heavy atom. The van der Waals surface area contributed by atoms with Crippen molar-refractivity contribution < 1.29 is 17.6 Å². The highest BCUT2D eigenvalue weighted by molar-refractivity contribution is 7.88. The minimum Gasteiger partial charge on any atom is -0.436 e. The summed E-state index contributed by atoms with van der Waals surface area (Å²) in [6.07, 6.45) is 4.53. The normalized spacial score (nSPS) is 16.9. The van der Waals surface area contributed by atoms with E-state index >= 15 is 0 Å². The number of amides is 1. The topological polar surface area (TPSA) is 92.5 Å². The maximum Gasteiger partial charge on any atom is 0.254 e. The number of hydrogen-bond donors (Lipinski definition) is 1.